The zero-order valence-electron chi connectivity index (χ0n) is 28.3. The third-order valence-corrected chi connectivity index (χ3v) is 9.05. The van der Waals surface area contributed by atoms with Crippen LogP contribution in [0.2, 0.25) is 0 Å². The van der Waals surface area contributed by atoms with Crippen LogP contribution in [0.1, 0.15) is 30.5 Å². The Morgan fingerprint density at radius 3 is 1.73 bits per heavy atom. The van der Waals surface area contributed by atoms with Crippen molar-refractivity contribution in [3.63, 3.8) is 0 Å². The Morgan fingerprint density at radius 2 is 1.17 bits per heavy atom. The van der Waals surface area contributed by atoms with Gasteiger partial charge in [-0.3, -0.25) is 0 Å². The van der Waals surface area contributed by atoms with Crippen LogP contribution in [-0.4, -0.2) is 83.1 Å². The molecule has 0 saturated carbocycles. The Morgan fingerprint density at radius 1 is 0.604 bits per heavy atom. The van der Waals surface area contributed by atoms with Gasteiger partial charge >= 0.3 is 5.97 Å². The molecule has 260 valence electrons. The van der Waals surface area contributed by atoms with Gasteiger partial charge in [-0.1, -0.05) is 105 Å². The van der Waals surface area contributed by atoms with Gasteiger partial charge < -0.3 is 42.6 Å². The SMILES string of the molecule is COC1[C@H](O[C@H]2C(C)C(OCc3ccccc3)[C@@H](OC)O[C@@H]2COCc2ccccc2)OC(C(=O)OCc2ccccc2)[C@H](C)[C@H]1OC. The van der Waals surface area contributed by atoms with Gasteiger partial charge in [0.1, 0.15) is 24.9 Å². The Balaban J connectivity index is 1.36. The molecule has 0 radical (unpaired) electrons. The molecular formula is C38H48O10. The van der Waals surface area contributed by atoms with Crippen LogP contribution in [0.3, 0.4) is 0 Å². The quantitative estimate of drug-likeness (QED) is 0.199. The summed E-state index contributed by atoms with van der Waals surface area (Å²) in [5, 5.41) is 0. The second-order valence-electron chi connectivity index (χ2n) is 12.3. The molecule has 2 aliphatic rings. The Labute approximate surface area is 283 Å². The zero-order valence-corrected chi connectivity index (χ0v) is 28.3. The van der Waals surface area contributed by atoms with Gasteiger partial charge in [0.2, 0.25) is 0 Å². The second-order valence-corrected chi connectivity index (χ2v) is 12.3. The van der Waals surface area contributed by atoms with Crippen molar-refractivity contribution in [2.24, 2.45) is 11.8 Å². The molecule has 48 heavy (non-hydrogen) atoms. The van der Waals surface area contributed by atoms with Gasteiger partial charge in [0.25, 0.3) is 0 Å². The summed E-state index contributed by atoms with van der Waals surface area (Å²) in [6.45, 7) is 5.01. The minimum Gasteiger partial charge on any atom is -0.459 e. The van der Waals surface area contributed by atoms with E-state index in [1.165, 1.54) is 0 Å². The molecule has 2 fully saturated rings. The highest BCUT2D eigenvalue weighted by molar-refractivity contribution is 5.75. The van der Waals surface area contributed by atoms with Crippen LogP contribution in [0.4, 0.5) is 0 Å². The van der Waals surface area contributed by atoms with Crippen molar-refractivity contribution in [2.45, 2.75) is 82.9 Å². The van der Waals surface area contributed by atoms with Gasteiger partial charge in [-0.25, -0.2) is 4.79 Å². The third kappa shape index (κ3) is 9.07. The molecule has 10 atom stereocenters. The monoisotopic (exact) mass is 664 g/mol. The molecule has 3 aromatic rings. The van der Waals surface area contributed by atoms with E-state index in [0.717, 1.165) is 16.7 Å². The first-order chi connectivity index (χ1) is 23.4. The molecule has 2 saturated heterocycles. The first-order valence-corrected chi connectivity index (χ1v) is 16.5. The van der Waals surface area contributed by atoms with Crippen LogP contribution < -0.4 is 0 Å². The van der Waals surface area contributed by atoms with E-state index < -0.39 is 55.2 Å². The Bertz CT molecular complexity index is 1360. The number of hydrogen-bond acceptors (Lipinski definition) is 10. The maximum atomic E-state index is 13.5. The Kier molecular flexibility index (Phi) is 13.5. The minimum atomic E-state index is -0.994. The van der Waals surface area contributed by atoms with E-state index in [1.807, 2.05) is 105 Å². The molecule has 0 amide bonds. The number of esters is 1. The zero-order chi connectivity index (χ0) is 33.9. The summed E-state index contributed by atoms with van der Waals surface area (Å²) in [5.41, 5.74) is 2.94. The molecule has 5 rings (SSSR count). The summed E-state index contributed by atoms with van der Waals surface area (Å²) >= 11 is 0. The topological polar surface area (TPSA) is 100 Å². The van der Waals surface area contributed by atoms with E-state index >= 15 is 0 Å². The van der Waals surface area contributed by atoms with Crippen molar-refractivity contribution in [1.29, 1.82) is 0 Å². The number of hydrogen-bond donors (Lipinski definition) is 0. The largest absolute Gasteiger partial charge is 0.459 e. The lowest BCUT2D eigenvalue weighted by atomic mass is 9.88. The number of ether oxygens (including phenoxy) is 9. The molecule has 0 bridgehead atoms. The lowest BCUT2D eigenvalue weighted by molar-refractivity contribution is -0.350. The molecule has 2 heterocycles. The lowest BCUT2D eigenvalue weighted by Crippen LogP contribution is -2.62. The molecule has 0 N–H and O–H groups in total. The summed E-state index contributed by atoms with van der Waals surface area (Å²) in [4.78, 5) is 13.5. The standard InChI is InChI=1S/C38H48O10/c1-25-31(47-38-35(41-4)32(40-3)26(2)33(48-38)36(39)45-23-29-19-13-8-14-20-29)30(24-43-21-27-15-9-6-10-16-27)46-37(42-5)34(25)44-22-28-17-11-7-12-18-28/h6-20,25-26,30-35,37-38H,21-24H2,1-5H3/t25?,26-,30-,31+,32-,33?,34?,35?,37+,38-/m1/s1. The first-order valence-electron chi connectivity index (χ1n) is 16.5. The van der Waals surface area contributed by atoms with E-state index in [1.54, 1.807) is 21.3 Å². The predicted octanol–water partition coefficient (Wildman–Crippen LogP) is 5.32. The number of rotatable bonds is 15. The van der Waals surface area contributed by atoms with E-state index in [9.17, 15) is 4.79 Å². The van der Waals surface area contributed by atoms with Crippen LogP contribution in [0.15, 0.2) is 91.0 Å². The first kappa shape index (κ1) is 36.1. The summed E-state index contributed by atoms with van der Waals surface area (Å²) in [7, 11) is 4.76. The summed E-state index contributed by atoms with van der Waals surface area (Å²) in [6.07, 6.45) is -5.44. The molecule has 10 nitrogen and oxygen atoms in total. The fourth-order valence-corrected chi connectivity index (χ4v) is 6.41. The summed E-state index contributed by atoms with van der Waals surface area (Å²) in [6, 6.07) is 29.3. The molecule has 0 aromatic heterocycles. The molecule has 2 aliphatic heterocycles. The highest BCUT2D eigenvalue weighted by Crippen LogP contribution is 2.37. The van der Waals surface area contributed by atoms with Gasteiger partial charge in [0.05, 0.1) is 32.0 Å². The molecular weight excluding hydrogens is 616 g/mol. The van der Waals surface area contributed by atoms with E-state index in [-0.39, 0.29) is 25.0 Å². The van der Waals surface area contributed by atoms with Gasteiger partial charge in [-0.05, 0) is 16.7 Å². The van der Waals surface area contributed by atoms with Crippen LogP contribution in [-0.2, 0) is 67.2 Å². The summed E-state index contributed by atoms with van der Waals surface area (Å²) < 4.78 is 55.6. The van der Waals surface area contributed by atoms with Crippen LogP contribution >= 0.6 is 0 Å². The molecule has 10 heteroatoms. The lowest BCUT2D eigenvalue weighted by Gasteiger charge is -2.48. The number of methoxy groups -OCH3 is 3. The molecule has 3 aromatic carbocycles. The van der Waals surface area contributed by atoms with Crippen LogP contribution in [0, 0.1) is 11.8 Å². The van der Waals surface area contributed by atoms with Crippen molar-refractivity contribution < 1.29 is 47.4 Å². The van der Waals surface area contributed by atoms with Crippen molar-refractivity contribution in [3.05, 3.63) is 108 Å². The average molecular weight is 665 g/mol. The predicted molar refractivity (Wildman–Crippen MR) is 176 cm³/mol. The third-order valence-electron chi connectivity index (χ3n) is 9.05. The van der Waals surface area contributed by atoms with Gasteiger partial charge in [-0.15, -0.1) is 0 Å². The number of benzene rings is 3. The van der Waals surface area contributed by atoms with Crippen LogP contribution in [0.5, 0.6) is 0 Å². The maximum Gasteiger partial charge on any atom is 0.336 e. The average Bonchev–Trinajstić information content (AvgIpc) is 3.12. The van der Waals surface area contributed by atoms with Gasteiger partial charge in [0, 0.05) is 33.2 Å². The highest BCUT2D eigenvalue weighted by atomic mass is 16.7. The van der Waals surface area contributed by atoms with Crippen molar-refractivity contribution >= 4 is 5.97 Å². The van der Waals surface area contributed by atoms with Crippen LogP contribution in [0.25, 0.3) is 0 Å². The molecule has 0 aliphatic carbocycles. The maximum absolute atomic E-state index is 13.5. The Hall–Kier alpha value is -3.19. The number of carbonyl (C=O) groups is 1. The van der Waals surface area contributed by atoms with Crippen molar-refractivity contribution in [1.82, 2.24) is 0 Å². The van der Waals surface area contributed by atoms with E-state index in [4.69, 9.17) is 42.6 Å². The van der Waals surface area contributed by atoms with E-state index in [2.05, 4.69) is 0 Å². The fraction of sp³-hybridized carbons (Fsp3) is 0.500. The second kappa shape index (κ2) is 18.0. The summed E-state index contributed by atoms with van der Waals surface area (Å²) in [5.74, 6) is -1.13. The van der Waals surface area contributed by atoms with Gasteiger partial charge in [-0.2, -0.15) is 0 Å². The highest BCUT2D eigenvalue weighted by Gasteiger charge is 2.52. The van der Waals surface area contributed by atoms with Crippen molar-refractivity contribution in [2.75, 3.05) is 27.9 Å². The molecule has 0 spiro atoms. The molecule has 4 unspecified atom stereocenters. The normalized spacial score (nSPS) is 30.5. The van der Waals surface area contributed by atoms with Crippen molar-refractivity contribution in [3.8, 4) is 0 Å². The minimum absolute atomic E-state index is 0.121. The van der Waals surface area contributed by atoms with E-state index in [0.29, 0.717) is 13.2 Å². The smallest absolute Gasteiger partial charge is 0.336 e. The number of carbonyl (C=O) groups excluding carboxylic acids is 1. The van der Waals surface area contributed by atoms with Gasteiger partial charge in [0.15, 0.2) is 18.7 Å². The fourth-order valence-electron chi connectivity index (χ4n) is 6.41.